The third kappa shape index (κ3) is 4.90. The SMILES string of the molecule is Cc1cc(-n2nccc2OC(F)F)ccc1-n1ccc(=O)c(C(C=CN)=Nc2ccccc2)n1. The molecular formula is C24H20F2N6O2. The normalized spacial score (nSPS) is 11.9. The van der Waals surface area contributed by atoms with Crippen LogP contribution >= 0.6 is 0 Å². The number of benzene rings is 2. The van der Waals surface area contributed by atoms with Crippen LogP contribution in [0.4, 0.5) is 14.5 Å². The summed E-state index contributed by atoms with van der Waals surface area (Å²) < 4.78 is 32.6. The maximum absolute atomic E-state index is 12.7. The Morgan fingerprint density at radius 3 is 2.65 bits per heavy atom. The zero-order valence-corrected chi connectivity index (χ0v) is 18.0. The lowest BCUT2D eigenvalue weighted by atomic mass is 10.1. The highest BCUT2D eigenvalue weighted by molar-refractivity contribution is 6.08. The van der Waals surface area contributed by atoms with Crippen LogP contribution in [0.3, 0.4) is 0 Å². The Bertz CT molecular complexity index is 1410. The molecule has 0 aliphatic heterocycles. The number of rotatable bonds is 7. The van der Waals surface area contributed by atoms with E-state index in [1.165, 1.54) is 35.3 Å². The van der Waals surface area contributed by atoms with E-state index in [2.05, 4.69) is 19.9 Å². The minimum atomic E-state index is -2.96. The van der Waals surface area contributed by atoms with Gasteiger partial charge in [-0.15, -0.1) is 0 Å². The van der Waals surface area contributed by atoms with E-state index >= 15 is 0 Å². The van der Waals surface area contributed by atoms with Crippen molar-refractivity contribution in [3.05, 3.63) is 107 Å². The van der Waals surface area contributed by atoms with Gasteiger partial charge >= 0.3 is 6.61 Å². The quantitative estimate of drug-likeness (QED) is 0.420. The van der Waals surface area contributed by atoms with Crippen molar-refractivity contribution in [1.82, 2.24) is 19.6 Å². The first-order valence-electron chi connectivity index (χ1n) is 10.2. The molecule has 4 rings (SSSR count). The van der Waals surface area contributed by atoms with Crippen LogP contribution in [-0.2, 0) is 0 Å². The van der Waals surface area contributed by atoms with Gasteiger partial charge in [0.1, 0.15) is 0 Å². The molecule has 2 N–H and O–H groups in total. The van der Waals surface area contributed by atoms with Crippen LogP contribution in [0.1, 0.15) is 11.3 Å². The molecule has 8 nitrogen and oxygen atoms in total. The highest BCUT2D eigenvalue weighted by Gasteiger charge is 2.14. The number of aromatic nitrogens is 4. The molecule has 0 amide bonds. The first kappa shape index (κ1) is 22.6. The lowest BCUT2D eigenvalue weighted by molar-refractivity contribution is -0.0544. The molecule has 2 aromatic heterocycles. The fourth-order valence-corrected chi connectivity index (χ4v) is 3.32. The molecule has 0 saturated heterocycles. The van der Waals surface area contributed by atoms with E-state index in [4.69, 9.17) is 5.73 Å². The molecule has 4 aromatic rings. The first-order valence-corrected chi connectivity index (χ1v) is 10.2. The van der Waals surface area contributed by atoms with Gasteiger partial charge in [-0.2, -0.15) is 19.0 Å². The van der Waals surface area contributed by atoms with Gasteiger partial charge in [-0.1, -0.05) is 18.2 Å². The molecule has 0 fully saturated rings. The molecule has 0 saturated carbocycles. The average molecular weight is 462 g/mol. The van der Waals surface area contributed by atoms with Crippen molar-refractivity contribution in [2.45, 2.75) is 13.5 Å². The summed E-state index contributed by atoms with van der Waals surface area (Å²) in [6, 6.07) is 17.1. The maximum Gasteiger partial charge on any atom is 0.388 e. The van der Waals surface area contributed by atoms with Gasteiger partial charge in [-0.25, -0.2) is 14.4 Å². The molecule has 34 heavy (non-hydrogen) atoms. The lowest BCUT2D eigenvalue weighted by Gasteiger charge is -2.13. The molecule has 0 aliphatic rings. The number of halogens is 2. The topological polar surface area (TPSA) is 100 Å². The number of nitrogens with two attached hydrogens (primary N) is 1. The van der Waals surface area contributed by atoms with Crippen LogP contribution in [-0.4, -0.2) is 31.9 Å². The zero-order valence-electron chi connectivity index (χ0n) is 18.0. The van der Waals surface area contributed by atoms with E-state index in [9.17, 15) is 13.6 Å². The molecule has 10 heteroatoms. The third-order valence-electron chi connectivity index (χ3n) is 4.80. The van der Waals surface area contributed by atoms with Crippen molar-refractivity contribution in [3.63, 3.8) is 0 Å². The van der Waals surface area contributed by atoms with Gasteiger partial charge in [0.05, 0.1) is 29.0 Å². The van der Waals surface area contributed by atoms with E-state index < -0.39 is 6.61 Å². The van der Waals surface area contributed by atoms with E-state index in [-0.39, 0.29) is 17.0 Å². The minimum absolute atomic E-state index is 0.0822. The molecular weight excluding hydrogens is 442 g/mol. The smallest absolute Gasteiger partial charge is 0.388 e. The predicted octanol–water partition coefficient (Wildman–Crippen LogP) is 3.92. The Hall–Kier alpha value is -4.60. The molecule has 0 bridgehead atoms. The van der Waals surface area contributed by atoms with Gasteiger partial charge in [-0.3, -0.25) is 4.79 Å². The monoisotopic (exact) mass is 462 g/mol. The highest BCUT2D eigenvalue weighted by Crippen LogP contribution is 2.23. The van der Waals surface area contributed by atoms with Crippen LogP contribution in [0.25, 0.3) is 11.4 Å². The van der Waals surface area contributed by atoms with Crippen LogP contribution in [0.5, 0.6) is 5.88 Å². The molecule has 0 radical (unpaired) electrons. The predicted molar refractivity (Wildman–Crippen MR) is 124 cm³/mol. The Morgan fingerprint density at radius 2 is 1.94 bits per heavy atom. The number of hydrogen-bond acceptors (Lipinski definition) is 6. The average Bonchev–Trinajstić information content (AvgIpc) is 3.27. The number of allylic oxidation sites excluding steroid dienone is 1. The number of aliphatic imine (C=N–C) groups is 1. The second-order valence-electron chi connectivity index (χ2n) is 7.10. The van der Waals surface area contributed by atoms with Crippen LogP contribution in [0.2, 0.25) is 0 Å². The van der Waals surface area contributed by atoms with Crippen LogP contribution < -0.4 is 15.9 Å². The van der Waals surface area contributed by atoms with Crippen molar-refractivity contribution in [1.29, 1.82) is 0 Å². The summed E-state index contributed by atoms with van der Waals surface area (Å²) >= 11 is 0. The Balaban J connectivity index is 1.74. The van der Waals surface area contributed by atoms with Crippen LogP contribution in [0, 0.1) is 6.92 Å². The fourth-order valence-electron chi connectivity index (χ4n) is 3.32. The number of alkyl halides is 2. The number of nitrogens with zero attached hydrogens (tertiary/aromatic N) is 5. The van der Waals surface area contributed by atoms with E-state index in [0.29, 0.717) is 22.8 Å². The zero-order chi connectivity index (χ0) is 24.1. The van der Waals surface area contributed by atoms with E-state index in [1.807, 2.05) is 25.1 Å². The van der Waals surface area contributed by atoms with Crippen molar-refractivity contribution in [2.24, 2.45) is 10.7 Å². The van der Waals surface area contributed by atoms with Crippen molar-refractivity contribution >= 4 is 11.4 Å². The summed E-state index contributed by atoms with van der Waals surface area (Å²) in [6.07, 6.45) is 5.72. The van der Waals surface area contributed by atoms with Gasteiger partial charge < -0.3 is 10.5 Å². The number of aryl methyl sites for hydroxylation is 1. The van der Waals surface area contributed by atoms with E-state index in [1.54, 1.807) is 41.2 Å². The molecule has 2 aromatic carbocycles. The van der Waals surface area contributed by atoms with Gasteiger partial charge in [0, 0.05) is 18.3 Å². The van der Waals surface area contributed by atoms with Gasteiger partial charge in [-0.05, 0) is 55.1 Å². The Labute approximate surface area is 193 Å². The maximum atomic E-state index is 12.7. The summed E-state index contributed by atoms with van der Waals surface area (Å²) in [5, 5.41) is 8.54. The number of ether oxygens (including phenoxy) is 1. The number of hydrogen-bond donors (Lipinski definition) is 1. The molecule has 0 aliphatic carbocycles. The lowest BCUT2D eigenvalue weighted by Crippen LogP contribution is -2.20. The molecule has 0 spiro atoms. The largest absolute Gasteiger partial charge is 0.417 e. The fraction of sp³-hybridized carbons (Fsp3) is 0.0833. The third-order valence-corrected chi connectivity index (χ3v) is 4.80. The van der Waals surface area contributed by atoms with Crippen molar-refractivity contribution in [2.75, 3.05) is 0 Å². The summed E-state index contributed by atoms with van der Waals surface area (Å²) in [4.78, 5) is 17.1. The summed E-state index contributed by atoms with van der Waals surface area (Å²) in [5.41, 5.74) is 8.31. The highest BCUT2D eigenvalue weighted by atomic mass is 19.3. The summed E-state index contributed by atoms with van der Waals surface area (Å²) in [7, 11) is 0. The van der Waals surface area contributed by atoms with Crippen molar-refractivity contribution in [3.8, 4) is 17.3 Å². The summed E-state index contributed by atoms with van der Waals surface area (Å²) in [6.45, 7) is -1.14. The van der Waals surface area contributed by atoms with Gasteiger partial charge in [0.15, 0.2) is 5.69 Å². The second-order valence-corrected chi connectivity index (χ2v) is 7.10. The molecule has 172 valence electrons. The van der Waals surface area contributed by atoms with E-state index in [0.717, 1.165) is 5.56 Å². The van der Waals surface area contributed by atoms with Gasteiger partial charge in [0.25, 0.3) is 0 Å². The molecule has 2 heterocycles. The van der Waals surface area contributed by atoms with Crippen LogP contribution in [0.15, 0.2) is 95.1 Å². The second kappa shape index (κ2) is 9.90. The minimum Gasteiger partial charge on any atom is -0.417 e. The first-order chi connectivity index (χ1) is 16.5. The molecule has 0 unspecified atom stereocenters. The Kier molecular flexibility index (Phi) is 6.58. The standard InChI is InChI=1S/C24H20F2N6O2/c1-16-15-18(32-22(10-13-28-32)34-24(25)26)7-8-20(16)31-14-11-21(33)23(30-31)19(9-12-27)29-17-5-3-2-4-6-17/h2-15,24H,27H2,1H3. The number of para-hydroxylation sites is 1. The van der Waals surface area contributed by atoms with Crippen molar-refractivity contribution < 1.29 is 13.5 Å². The Morgan fingerprint density at radius 1 is 1.15 bits per heavy atom. The summed E-state index contributed by atoms with van der Waals surface area (Å²) in [5.74, 6) is -0.0822. The molecule has 0 atom stereocenters. The van der Waals surface area contributed by atoms with Gasteiger partial charge in [0.2, 0.25) is 11.3 Å².